The molecule has 1 heterocycles. The summed E-state index contributed by atoms with van der Waals surface area (Å²) >= 11 is 0. The molecule has 4 nitrogen and oxygen atoms in total. The molecule has 0 amide bonds. The van der Waals surface area contributed by atoms with Gasteiger partial charge in [-0.25, -0.2) is 0 Å². The van der Waals surface area contributed by atoms with Gasteiger partial charge in [-0.15, -0.1) is 0 Å². The molecule has 0 aliphatic carbocycles. The Morgan fingerprint density at radius 1 is 1.43 bits per heavy atom. The summed E-state index contributed by atoms with van der Waals surface area (Å²) in [5.74, 6) is -1.75. The van der Waals surface area contributed by atoms with Crippen molar-refractivity contribution in [2.75, 3.05) is 13.2 Å². The third-order valence-corrected chi connectivity index (χ3v) is 3.87. The Balaban J connectivity index is 2.14. The van der Waals surface area contributed by atoms with Gasteiger partial charge in [0.25, 0.3) is 0 Å². The SMILES string of the molecule is Cc1ccc(C(=O)[C@@H](C#N)C(=O)C[C@@H]2CCOC2)c(C)c1. The van der Waals surface area contributed by atoms with Crippen molar-refractivity contribution in [1.29, 1.82) is 5.26 Å². The predicted molar refractivity (Wildman–Crippen MR) is 77.9 cm³/mol. The van der Waals surface area contributed by atoms with Gasteiger partial charge in [-0.05, 0) is 31.7 Å². The molecule has 0 saturated carbocycles. The maximum Gasteiger partial charge on any atom is 0.187 e. The first-order chi connectivity index (χ1) is 10.0. The molecular formula is C17H19NO3. The molecule has 110 valence electrons. The Morgan fingerprint density at radius 3 is 2.76 bits per heavy atom. The first-order valence-electron chi connectivity index (χ1n) is 7.14. The van der Waals surface area contributed by atoms with E-state index < -0.39 is 5.92 Å². The molecule has 1 aromatic rings. The number of nitriles is 1. The molecule has 1 aliphatic rings. The van der Waals surface area contributed by atoms with Gasteiger partial charge >= 0.3 is 0 Å². The minimum Gasteiger partial charge on any atom is -0.381 e. The van der Waals surface area contributed by atoms with E-state index in [2.05, 4.69) is 0 Å². The Hall–Kier alpha value is -1.99. The van der Waals surface area contributed by atoms with Crippen LogP contribution >= 0.6 is 0 Å². The monoisotopic (exact) mass is 285 g/mol. The van der Waals surface area contributed by atoms with Crippen LogP contribution in [0.25, 0.3) is 0 Å². The fourth-order valence-corrected chi connectivity index (χ4v) is 2.67. The molecule has 1 aromatic carbocycles. The summed E-state index contributed by atoms with van der Waals surface area (Å²) in [4.78, 5) is 24.7. The van der Waals surface area contributed by atoms with Crippen molar-refractivity contribution in [2.24, 2.45) is 11.8 Å². The molecule has 2 atom stereocenters. The predicted octanol–water partition coefficient (Wildman–Crippen LogP) is 2.62. The molecule has 0 aromatic heterocycles. The number of aryl methyl sites for hydroxylation is 2. The van der Waals surface area contributed by atoms with Crippen molar-refractivity contribution in [3.63, 3.8) is 0 Å². The number of carbonyl (C=O) groups is 2. The number of rotatable bonds is 5. The molecule has 4 heteroatoms. The van der Waals surface area contributed by atoms with E-state index in [1.165, 1.54) is 0 Å². The van der Waals surface area contributed by atoms with Gasteiger partial charge in [0.15, 0.2) is 17.5 Å². The average Bonchev–Trinajstić information content (AvgIpc) is 2.92. The van der Waals surface area contributed by atoms with Crippen LogP contribution in [0.1, 0.15) is 34.3 Å². The first kappa shape index (κ1) is 15.4. The second-order valence-electron chi connectivity index (χ2n) is 5.64. The zero-order valence-electron chi connectivity index (χ0n) is 12.4. The van der Waals surface area contributed by atoms with E-state index in [1.807, 2.05) is 32.0 Å². The third-order valence-electron chi connectivity index (χ3n) is 3.87. The Bertz CT molecular complexity index is 595. The largest absolute Gasteiger partial charge is 0.381 e. The van der Waals surface area contributed by atoms with E-state index in [4.69, 9.17) is 4.74 Å². The lowest BCUT2D eigenvalue weighted by molar-refractivity contribution is -0.121. The summed E-state index contributed by atoms with van der Waals surface area (Å²) in [7, 11) is 0. The number of carbonyl (C=O) groups excluding carboxylic acids is 2. The molecule has 0 unspecified atom stereocenters. The van der Waals surface area contributed by atoms with Crippen LogP contribution in [0.5, 0.6) is 0 Å². The summed E-state index contributed by atoms with van der Waals surface area (Å²) < 4.78 is 5.23. The van der Waals surface area contributed by atoms with E-state index >= 15 is 0 Å². The summed E-state index contributed by atoms with van der Waals surface area (Å²) in [6.07, 6.45) is 1.07. The number of Topliss-reactive ketones (excluding diaryl/α,β-unsaturated/α-hetero) is 2. The number of ether oxygens (including phenoxy) is 1. The van der Waals surface area contributed by atoms with Crippen LogP contribution < -0.4 is 0 Å². The second kappa shape index (κ2) is 6.64. The van der Waals surface area contributed by atoms with E-state index in [0.29, 0.717) is 18.8 Å². The van der Waals surface area contributed by atoms with Crippen LogP contribution in [0.4, 0.5) is 0 Å². The zero-order valence-corrected chi connectivity index (χ0v) is 12.4. The average molecular weight is 285 g/mol. The summed E-state index contributed by atoms with van der Waals surface area (Å²) in [5.41, 5.74) is 2.31. The highest BCUT2D eigenvalue weighted by Crippen LogP contribution is 2.22. The van der Waals surface area contributed by atoms with Crippen molar-refractivity contribution in [1.82, 2.24) is 0 Å². The van der Waals surface area contributed by atoms with Crippen LogP contribution in [-0.4, -0.2) is 24.8 Å². The molecule has 0 N–H and O–H groups in total. The molecule has 1 saturated heterocycles. The van der Waals surface area contributed by atoms with E-state index in [0.717, 1.165) is 17.5 Å². The van der Waals surface area contributed by atoms with Gasteiger partial charge in [0.2, 0.25) is 0 Å². The second-order valence-corrected chi connectivity index (χ2v) is 5.64. The molecule has 2 rings (SSSR count). The zero-order chi connectivity index (χ0) is 15.4. The maximum absolute atomic E-state index is 12.4. The molecule has 1 fully saturated rings. The van der Waals surface area contributed by atoms with Crippen molar-refractivity contribution in [2.45, 2.75) is 26.7 Å². The highest BCUT2D eigenvalue weighted by atomic mass is 16.5. The Morgan fingerprint density at radius 2 is 2.19 bits per heavy atom. The molecule has 0 spiro atoms. The summed E-state index contributed by atoms with van der Waals surface area (Å²) in [6, 6.07) is 7.28. The van der Waals surface area contributed by atoms with Crippen molar-refractivity contribution < 1.29 is 14.3 Å². The van der Waals surface area contributed by atoms with Crippen LogP contribution in [0.2, 0.25) is 0 Å². The molecule has 21 heavy (non-hydrogen) atoms. The lowest BCUT2D eigenvalue weighted by Crippen LogP contribution is -2.25. The summed E-state index contributed by atoms with van der Waals surface area (Å²) in [6.45, 7) is 4.96. The minimum atomic E-state index is -1.20. The highest BCUT2D eigenvalue weighted by Gasteiger charge is 2.31. The van der Waals surface area contributed by atoms with E-state index in [-0.39, 0.29) is 23.9 Å². The third kappa shape index (κ3) is 3.56. The fourth-order valence-electron chi connectivity index (χ4n) is 2.67. The first-order valence-corrected chi connectivity index (χ1v) is 7.14. The van der Waals surface area contributed by atoms with Gasteiger partial charge < -0.3 is 4.74 Å². The lowest BCUT2D eigenvalue weighted by Gasteiger charge is -2.12. The lowest BCUT2D eigenvalue weighted by atomic mass is 9.87. The number of benzene rings is 1. The van der Waals surface area contributed by atoms with E-state index in [9.17, 15) is 14.9 Å². The van der Waals surface area contributed by atoms with Crippen LogP contribution in [-0.2, 0) is 9.53 Å². The molecule has 0 bridgehead atoms. The van der Waals surface area contributed by atoms with Gasteiger partial charge in [-0.1, -0.05) is 23.8 Å². The highest BCUT2D eigenvalue weighted by molar-refractivity contribution is 6.13. The summed E-state index contributed by atoms with van der Waals surface area (Å²) in [5, 5.41) is 9.22. The molecule has 1 aliphatic heterocycles. The number of hydrogen-bond donors (Lipinski definition) is 0. The minimum absolute atomic E-state index is 0.139. The number of hydrogen-bond acceptors (Lipinski definition) is 4. The maximum atomic E-state index is 12.4. The smallest absolute Gasteiger partial charge is 0.187 e. The number of ketones is 2. The Labute approximate surface area is 124 Å². The van der Waals surface area contributed by atoms with Crippen LogP contribution in [0, 0.1) is 37.0 Å². The van der Waals surface area contributed by atoms with E-state index in [1.54, 1.807) is 6.07 Å². The van der Waals surface area contributed by atoms with Crippen molar-refractivity contribution in [3.05, 3.63) is 34.9 Å². The van der Waals surface area contributed by atoms with Gasteiger partial charge in [-0.3, -0.25) is 9.59 Å². The van der Waals surface area contributed by atoms with Gasteiger partial charge in [-0.2, -0.15) is 5.26 Å². The number of nitrogens with zero attached hydrogens (tertiary/aromatic N) is 1. The fraction of sp³-hybridized carbons (Fsp3) is 0.471. The van der Waals surface area contributed by atoms with Crippen LogP contribution in [0.15, 0.2) is 18.2 Å². The molecular weight excluding hydrogens is 266 g/mol. The van der Waals surface area contributed by atoms with Crippen LogP contribution in [0.3, 0.4) is 0 Å². The Kier molecular flexibility index (Phi) is 4.87. The van der Waals surface area contributed by atoms with Gasteiger partial charge in [0.05, 0.1) is 6.07 Å². The van der Waals surface area contributed by atoms with Crippen molar-refractivity contribution in [3.8, 4) is 6.07 Å². The van der Waals surface area contributed by atoms with Gasteiger partial charge in [0, 0.05) is 25.2 Å². The normalized spacial score (nSPS) is 19.0. The quantitative estimate of drug-likeness (QED) is 0.616. The van der Waals surface area contributed by atoms with Crippen molar-refractivity contribution >= 4 is 11.6 Å². The standard InChI is InChI=1S/C17H19NO3/c1-11-3-4-14(12(2)7-11)17(20)15(9-18)16(19)8-13-5-6-21-10-13/h3-4,7,13,15H,5-6,8,10H2,1-2H3/t13-,15-/m0/s1. The van der Waals surface area contributed by atoms with Gasteiger partial charge in [0.1, 0.15) is 0 Å². The molecule has 0 radical (unpaired) electrons. The topological polar surface area (TPSA) is 67.2 Å².